The lowest BCUT2D eigenvalue weighted by molar-refractivity contribution is 0.412. The summed E-state index contributed by atoms with van der Waals surface area (Å²) in [6.45, 7) is 0. The van der Waals surface area contributed by atoms with Gasteiger partial charge in [-0.1, -0.05) is 48.5 Å². The largest absolute Gasteiger partial charge is 0.491 e. The third-order valence-corrected chi connectivity index (χ3v) is 4.97. The van der Waals surface area contributed by atoms with Crippen LogP contribution in [-0.4, -0.2) is 7.11 Å². The molecule has 3 aromatic carbocycles. The molecule has 0 radical (unpaired) electrons. The van der Waals surface area contributed by atoms with Crippen LogP contribution < -0.4 is 14.9 Å². The van der Waals surface area contributed by atoms with E-state index >= 15 is 0 Å². The van der Waals surface area contributed by atoms with Crippen LogP contribution in [0.25, 0.3) is 22.3 Å². The van der Waals surface area contributed by atoms with Crippen LogP contribution in [0.3, 0.4) is 0 Å². The van der Waals surface area contributed by atoms with Gasteiger partial charge in [-0.25, -0.2) is 0 Å². The molecule has 0 spiro atoms. The van der Waals surface area contributed by atoms with Crippen LogP contribution in [0.15, 0.2) is 93.0 Å². The quantitative estimate of drug-likeness (QED) is 0.461. The zero-order valence-electron chi connectivity index (χ0n) is 14.6. The summed E-state index contributed by atoms with van der Waals surface area (Å²) in [7, 11) is 1.57. The number of benzene rings is 3. The lowest BCUT2D eigenvalue weighted by atomic mass is 10.1. The molecule has 27 heavy (non-hydrogen) atoms. The molecule has 0 saturated carbocycles. The van der Waals surface area contributed by atoms with Crippen LogP contribution in [0.1, 0.15) is 0 Å². The van der Waals surface area contributed by atoms with Gasteiger partial charge in [-0.2, -0.15) is 0 Å². The average Bonchev–Trinajstić information content (AvgIpc) is 2.73. The molecule has 4 aromatic rings. The van der Waals surface area contributed by atoms with Crippen LogP contribution in [0.2, 0.25) is 0 Å². The van der Waals surface area contributed by atoms with Crippen molar-refractivity contribution in [3.8, 4) is 17.1 Å². The minimum absolute atomic E-state index is 0.101. The van der Waals surface area contributed by atoms with Gasteiger partial charge in [-0.05, 0) is 36.2 Å². The molecular weight excluding hydrogens is 358 g/mol. The fraction of sp³-hybridized carbons (Fsp3) is 0.0455. The number of ether oxygens (including phenoxy) is 1. The number of anilines is 1. The predicted molar refractivity (Wildman–Crippen MR) is 110 cm³/mol. The van der Waals surface area contributed by atoms with Crippen molar-refractivity contribution in [2.45, 2.75) is 4.90 Å². The van der Waals surface area contributed by atoms with Gasteiger partial charge < -0.3 is 13.9 Å². The molecule has 1 heterocycles. The van der Waals surface area contributed by atoms with Crippen LogP contribution in [0.4, 0.5) is 5.69 Å². The molecule has 4 rings (SSSR count). The molecule has 0 amide bonds. The SMILES string of the molecule is COc1c(NSc2ccccc2)ccc2c(=O)cc(-c3ccccc3)oc12. The van der Waals surface area contributed by atoms with Gasteiger partial charge in [0.1, 0.15) is 5.76 Å². The fourth-order valence-electron chi connectivity index (χ4n) is 2.82. The maximum Gasteiger partial charge on any atom is 0.193 e. The second-order valence-corrected chi connectivity index (χ2v) is 6.76. The van der Waals surface area contributed by atoms with Gasteiger partial charge in [0.15, 0.2) is 16.8 Å². The smallest absolute Gasteiger partial charge is 0.193 e. The van der Waals surface area contributed by atoms with Crippen molar-refractivity contribution in [2.24, 2.45) is 0 Å². The average molecular weight is 375 g/mol. The Morgan fingerprint density at radius 2 is 1.63 bits per heavy atom. The van der Waals surface area contributed by atoms with Gasteiger partial charge in [0.05, 0.1) is 18.2 Å². The zero-order chi connectivity index (χ0) is 18.6. The number of hydrogen-bond donors (Lipinski definition) is 1. The molecule has 5 heteroatoms. The highest BCUT2D eigenvalue weighted by Gasteiger charge is 2.15. The minimum atomic E-state index is -0.101. The first-order valence-corrected chi connectivity index (χ1v) is 9.26. The summed E-state index contributed by atoms with van der Waals surface area (Å²) in [6.07, 6.45) is 0. The van der Waals surface area contributed by atoms with Crippen molar-refractivity contribution < 1.29 is 9.15 Å². The maximum atomic E-state index is 12.6. The molecule has 0 bridgehead atoms. The van der Waals surface area contributed by atoms with E-state index in [1.807, 2.05) is 66.7 Å². The van der Waals surface area contributed by atoms with Crippen LogP contribution in [0.5, 0.6) is 5.75 Å². The van der Waals surface area contributed by atoms with Gasteiger partial charge in [0, 0.05) is 16.5 Å². The van der Waals surface area contributed by atoms with Crippen LogP contribution in [0, 0.1) is 0 Å². The van der Waals surface area contributed by atoms with E-state index in [9.17, 15) is 4.79 Å². The second kappa shape index (κ2) is 7.60. The maximum absolute atomic E-state index is 12.6. The van der Waals surface area contributed by atoms with E-state index < -0.39 is 0 Å². The van der Waals surface area contributed by atoms with Crippen molar-refractivity contribution in [1.82, 2.24) is 0 Å². The first kappa shape index (κ1) is 17.2. The number of fused-ring (bicyclic) bond motifs is 1. The molecule has 0 unspecified atom stereocenters. The molecule has 0 aliphatic heterocycles. The number of methoxy groups -OCH3 is 1. The summed E-state index contributed by atoms with van der Waals surface area (Å²) in [5.41, 5.74) is 1.92. The fourth-order valence-corrected chi connectivity index (χ4v) is 3.51. The third-order valence-electron chi connectivity index (χ3n) is 4.14. The monoisotopic (exact) mass is 375 g/mol. The Morgan fingerprint density at radius 3 is 2.33 bits per heavy atom. The Bertz CT molecular complexity index is 1120. The summed E-state index contributed by atoms with van der Waals surface area (Å²) in [6, 6.07) is 24.6. The first-order valence-electron chi connectivity index (χ1n) is 8.44. The van der Waals surface area contributed by atoms with Crippen molar-refractivity contribution in [2.75, 3.05) is 11.8 Å². The van der Waals surface area contributed by atoms with Crippen LogP contribution >= 0.6 is 11.9 Å². The van der Waals surface area contributed by atoms with Gasteiger partial charge in [-0.15, -0.1) is 0 Å². The van der Waals surface area contributed by atoms with Crippen molar-refractivity contribution in [3.63, 3.8) is 0 Å². The van der Waals surface area contributed by atoms with E-state index in [1.165, 1.54) is 18.0 Å². The summed E-state index contributed by atoms with van der Waals surface area (Å²) in [4.78, 5) is 13.7. The molecule has 1 aromatic heterocycles. The Kier molecular flexibility index (Phi) is 4.85. The Hall–Kier alpha value is -3.18. The molecule has 0 aliphatic carbocycles. The molecular formula is C22H17NO3S. The normalized spacial score (nSPS) is 10.7. The van der Waals surface area contributed by atoms with E-state index in [-0.39, 0.29) is 5.43 Å². The predicted octanol–water partition coefficient (Wildman–Crippen LogP) is 5.59. The van der Waals surface area contributed by atoms with E-state index in [4.69, 9.17) is 9.15 Å². The van der Waals surface area contributed by atoms with E-state index in [1.54, 1.807) is 13.2 Å². The summed E-state index contributed by atoms with van der Waals surface area (Å²) < 4.78 is 14.9. The van der Waals surface area contributed by atoms with Crippen molar-refractivity contribution in [1.29, 1.82) is 0 Å². The van der Waals surface area contributed by atoms with Gasteiger partial charge >= 0.3 is 0 Å². The lowest BCUT2D eigenvalue weighted by Crippen LogP contribution is -2.03. The first-order chi connectivity index (χ1) is 13.3. The van der Waals surface area contributed by atoms with E-state index in [0.717, 1.165) is 16.1 Å². The van der Waals surface area contributed by atoms with E-state index in [0.29, 0.717) is 22.5 Å². The van der Waals surface area contributed by atoms with Gasteiger partial charge in [0.25, 0.3) is 0 Å². The highest BCUT2D eigenvalue weighted by Crippen LogP contribution is 2.36. The highest BCUT2D eigenvalue weighted by molar-refractivity contribution is 8.00. The number of nitrogens with one attached hydrogen (secondary N) is 1. The lowest BCUT2D eigenvalue weighted by Gasteiger charge is -2.13. The molecule has 0 aliphatic rings. The molecule has 0 fully saturated rings. The second-order valence-electron chi connectivity index (χ2n) is 5.88. The van der Waals surface area contributed by atoms with Crippen molar-refractivity contribution >= 4 is 28.6 Å². The summed E-state index contributed by atoms with van der Waals surface area (Å²) in [5.74, 6) is 1.02. The van der Waals surface area contributed by atoms with Gasteiger partial charge in [-0.3, -0.25) is 4.79 Å². The molecule has 0 atom stereocenters. The molecule has 1 N–H and O–H groups in total. The Balaban J connectivity index is 1.79. The molecule has 134 valence electrons. The Labute approximate surface area is 160 Å². The summed E-state index contributed by atoms with van der Waals surface area (Å²) in [5, 5.41) is 0.488. The third kappa shape index (κ3) is 3.55. The Morgan fingerprint density at radius 1 is 0.926 bits per heavy atom. The van der Waals surface area contributed by atoms with Gasteiger partial charge in [0.2, 0.25) is 0 Å². The zero-order valence-corrected chi connectivity index (χ0v) is 15.5. The number of rotatable bonds is 5. The topological polar surface area (TPSA) is 51.5 Å². The standard InChI is InChI=1S/C22H17NO3S/c1-25-22-18(23-27-16-10-6-3-7-11-16)13-12-17-19(24)14-20(26-21(17)22)15-8-4-2-5-9-15/h2-14,23H,1H3. The highest BCUT2D eigenvalue weighted by atomic mass is 32.2. The van der Waals surface area contributed by atoms with Crippen molar-refractivity contribution in [3.05, 3.63) is 89.1 Å². The molecule has 0 saturated heterocycles. The number of hydrogen-bond acceptors (Lipinski definition) is 5. The minimum Gasteiger partial charge on any atom is -0.491 e. The van der Waals surface area contributed by atoms with Crippen LogP contribution in [-0.2, 0) is 0 Å². The summed E-state index contributed by atoms with van der Waals surface area (Å²) >= 11 is 1.47. The van der Waals surface area contributed by atoms with E-state index in [2.05, 4.69) is 4.72 Å². The molecule has 4 nitrogen and oxygen atoms in total.